The molecule has 12 heteroatoms. The van der Waals surface area contributed by atoms with Crippen molar-refractivity contribution >= 4 is 57.7 Å². The molecular weight excluding hydrogens is 689 g/mol. The maximum Gasteiger partial charge on any atom is 0.303 e. The van der Waals surface area contributed by atoms with Crippen molar-refractivity contribution in [3.8, 4) is 5.75 Å². The van der Waals surface area contributed by atoms with Crippen LogP contribution in [0.3, 0.4) is 0 Å². The number of hydrazine groups is 1. The molecule has 6 atom stereocenters. The summed E-state index contributed by atoms with van der Waals surface area (Å²) in [6.07, 6.45) is 2.12. The van der Waals surface area contributed by atoms with E-state index in [1.165, 1.54) is 24.3 Å². The minimum Gasteiger partial charge on any atom is -0.507 e. The van der Waals surface area contributed by atoms with Crippen LogP contribution >= 0.6 is 11.6 Å². The summed E-state index contributed by atoms with van der Waals surface area (Å²) >= 11 is 6.37. The van der Waals surface area contributed by atoms with Crippen LogP contribution in [-0.4, -0.2) is 56.3 Å². The first-order valence-electron chi connectivity index (χ1n) is 17.2. The van der Waals surface area contributed by atoms with Crippen LogP contribution in [0.25, 0.3) is 10.8 Å². The molecule has 264 valence electrons. The van der Waals surface area contributed by atoms with Gasteiger partial charge in [-0.15, -0.1) is 0 Å². The van der Waals surface area contributed by atoms with E-state index in [0.717, 1.165) is 15.5 Å². The normalized spacial score (nSPS) is 26.7. The van der Waals surface area contributed by atoms with Gasteiger partial charge in [0.05, 0.1) is 28.9 Å². The summed E-state index contributed by atoms with van der Waals surface area (Å²) in [5.74, 6) is -7.40. The zero-order chi connectivity index (χ0) is 36.5. The van der Waals surface area contributed by atoms with Gasteiger partial charge in [-0.05, 0) is 84.2 Å². The number of aliphatic carboxylic acids is 1. The fourth-order valence-electron chi connectivity index (χ4n) is 9.23. The van der Waals surface area contributed by atoms with Gasteiger partial charge in [-0.3, -0.25) is 34.3 Å². The maximum absolute atomic E-state index is 15.3. The number of halogens is 2. The number of fused-ring (bicyclic) bond motifs is 5. The predicted octanol–water partition coefficient (Wildman–Crippen LogP) is 6.19. The molecule has 0 spiro atoms. The Morgan fingerprint density at radius 2 is 1.60 bits per heavy atom. The average molecular weight is 722 g/mol. The van der Waals surface area contributed by atoms with Crippen LogP contribution in [0.2, 0.25) is 5.02 Å². The minimum atomic E-state index is -1.57. The van der Waals surface area contributed by atoms with Crippen molar-refractivity contribution in [3.63, 3.8) is 0 Å². The second-order valence-corrected chi connectivity index (χ2v) is 14.4. The Balaban J connectivity index is 1.34. The molecule has 2 heterocycles. The third kappa shape index (κ3) is 5.01. The van der Waals surface area contributed by atoms with E-state index >= 15 is 4.79 Å². The smallest absolute Gasteiger partial charge is 0.303 e. The van der Waals surface area contributed by atoms with Crippen LogP contribution < -0.4 is 5.43 Å². The lowest BCUT2D eigenvalue weighted by atomic mass is 9.49. The summed E-state index contributed by atoms with van der Waals surface area (Å²) in [5.41, 5.74) is 3.59. The molecule has 4 aliphatic rings. The van der Waals surface area contributed by atoms with E-state index in [9.17, 15) is 33.8 Å². The minimum absolute atomic E-state index is 0.0310. The molecule has 4 amide bonds. The van der Waals surface area contributed by atoms with Crippen LogP contribution in [0.15, 0.2) is 96.6 Å². The average Bonchev–Trinajstić information content (AvgIpc) is 3.50. The van der Waals surface area contributed by atoms with Gasteiger partial charge in [-0.1, -0.05) is 65.7 Å². The molecule has 52 heavy (non-hydrogen) atoms. The topological polar surface area (TPSA) is 144 Å². The van der Waals surface area contributed by atoms with Crippen molar-refractivity contribution in [3.05, 3.63) is 119 Å². The Bertz CT molecular complexity index is 2210. The number of carboxylic acids is 1. The van der Waals surface area contributed by atoms with E-state index in [2.05, 4.69) is 5.43 Å². The molecule has 3 fully saturated rings. The highest BCUT2D eigenvalue weighted by molar-refractivity contribution is 6.30. The first-order valence-corrected chi connectivity index (χ1v) is 17.5. The molecule has 4 aromatic carbocycles. The van der Waals surface area contributed by atoms with E-state index in [0.29, 0.717) is 32.6 Å². The lowest BCUT2D eigenvalue weighted by molar-refractivity contribution is -0.142. The standard InChI is InChI=1S/C40H33ClFN3O7/c41-22-9-7-21(8-10-22)40-31(37(50)45(39(40)52)43-24-13-11-23(42)12-14-24)20-30-28(35(40)27-17-18-32(46)26-5-2-1-4-25(26)27)15-16-29-34(30)38(51)44(36(29)49)19-3-6-33(47)48/h1-2,4-5,7-15,17-18,29-31,34-35,43,46H,3,6,16,19-20H2,(H,47,48)/t29-,30+,31-,34-,35-,40+/m0/s1. The number of carboxylic acid groups (broad SMARTS) is 1. The molecule has 2 saturated heterocycles. The third-order valence-corrected chi connectivity index (χ3v) is 11.6. The largest absolute Gasteiger partial charge is 0.507 e. The number of phenols is 1. The van der Waals surface area contributed by atoms with Crippen LogP contribution in [0.5, 0.6) is 5.75 Å². The Labute approximate surface area is 302 Å². The first kappa shape index (κ1) is 33.6. The molecule has 3 N–H and O–H groups in total. The monoisotopic (exact) mass is 721 g/mol. The SMILES string of the molecule is O=C(O)CCCN1C(=O)[C@H]2[C@H](CC=C3[C@H]2C[C@H]2C(=O)N(Nc4ccc(F)cc4)C(=O)[C@@]2(c2ccc(Cl)cc2)[C@H]3c2ccc(O)c3ccccc23)C1=O. The number of hydrogen-bond acceptors (Lipinski definition) is 7. The van der Waals surface area contributed by atoms with Crippen molar-refractivity contribution in [1.29, 1.82) is 0 Å². The molecule has 1 saturated carbocycles. The Hall–Kier alpha value is -5.55. The molecule has 2 aliphatic carbocycles. The van der Waals surface area contributed by atoms with Crippen LogP contribution in [0, 0.1) is 29.5 Å². The molecule has 8 rings (SSSR count). The quantitative estimate of drug-likeness (QED) is 0.144. The Morgan fingerprint density at radius 1 is 0.885 bits per heavy atom. The van der Waals surface area contributed by atoms with Gasteiger partial charge in [-0.2, -0.15) is 5.01 Å². The summed E-state index contributed by atoms with van der Waals surface area (Å²) < 4.78 is 13.9. The molecule has 10 nitrogen and oxygen atoms in total. The molecule has 2 aliphatic heterocycles. The van der Waals surface area contributed by atoms with Gasteiger partial charge in [0, 0.05) is 29.3 Å². The van der Waals surface area contributed by atoms with Crippen LogP contribution in [0.4, 0.5) is 10.1 Å². The Kier molecular flexibility index (Phi) is 8.13. The molecular formula is C40H33ClFN3O7. The second-order valence-electron chi connectivity index (χ2n) is 13.9. The van der Waals surface area contributed by atoms with E-state index in [1.807, 2.05) is 18.2 Å². The highest BCUT2D eigenvalue weighted by Crippen LogP contribution is 2.64. The first-order chi connectivity index (χ1) is 25.0. The number of allylic oxidation sites excluding steroid dienone is 2. The van der Waals surface area contributed by atoms with Crippen molar-refractivity contribution in [2.75, 3.05) is 12.0 Å². The van der Waals surface area contributed by atoms with Gasteiger partial charge >= 0.3 is 5.97 Å². The maximum atomic E-state index is 15.3. The summed E-state index contributed by atoms with van der Waals surface area (Å²) in [6.45, 7) is -0.0318. The summed E-state index contributed by atoms with van der Waals surface area (Å²) in [7, 11) is 0. The van der Waals surface area contributed by atoms with E-state index in [1.54, 1.807) is 48.5 Å². The molecule has 0 bridgehead atoms. The van der Waals surface area contributed by atoms with Gasteiger partial charge in [0.15, 0.2) is 0 Å². The lowest BCUT2D eigenvalue weighted by Crippen LogP contribution is -2.53. The highest BCUT2D eigenvalue weighted by Gasteiger charge is 2.70. The summed E-state index contributed by atoms with van der Waals surface area (Å²) in [5, 5.41) is 22.7. The number of hydrogen-bond donors (Lipinski definition) is 3. The second kappa shape index (κ2) is 12.6. The summed E-state index contributed by atoms with van der Waals surface area (Å²) in [4.78, 5) is 70.5. The van der Waals surface area contributed by atoms with Crippen molar-refractivity contribution in [1.82, 2.24) is 9.91 Å². The zero-order valence-corrected chi connectivity index (χ0v) is 28.4. The van der Waals surface area contributed by atoms with Crippen LogP contribution in [-0.2, 0) is 29.4 Å². The third-order valence-electron chi connectivity index (χ3n) is 11.4. The molecule has 4 aromatic rings. The highest BCUT2D eigenvalue weighted by atomic mass is 35.5. The number of carbonyl (C=O) groups is 5. The predicted molar refractivity (Wildman–Crippen MR) is 188 cm³/mol. The number of likely N-dealkylation sites (tertiary alicyclic amines) is 1. The van der Waals surface area contributed by atoms with Crippen molar-refractivity contribution in [2.24, 2.45) is 23.7 Å². The van der Waals surface area contributed by atoms with Crippen LogP contribution in [0.1, 0.15) is 42.7 Å². The van der Waals surface area contributed by atoms with E-state index in [-0.39, 0.29) is 43.9 Å². The lowest BCUT2D eigenvalue weighted by Gasteiger charge is -2.51. The number of nitrogens with one attached hydrogen (secondary N) is 1. The van der Waals surface area contributed by atoms with Gasteiger partial charge in [0.2, 0.25) is 11.8 Å². The van der Waals surface area contributed by atoms with Gasteiger partial charge < -0.3 is 10.2 Å². The molecule has 0 aromatic heterocycles. The number of amides is 4. The van der Waals surface area contributed by atoms with Crippen molar-refractivity contribution < 1.29 is 38.6 Å². The number of carbonyl (C=O) groups excluding carboxylic acids is 4. The number of aromatic hydroxyl groups is 1. The van der Waals surface area contributed by atoms with Gasteiger partial charge in [0.25, 0.3) is 11.8 Å². The fourth-order valence-corrected chi connectivity index (χ4v) is 9.36. The number of phenolic OH excluding ortho intramolecular Hbond substituents is 1. The van der Waals surface area contributed by atoms with Gasteiger partial charge in [-0.25, -0.2) is 4.39 Å². The van der Waals surface area contributed by atoms with Gasteiger partial charge in [0.1, 0.15) is 11.6 Å². The van der Waals surface area contributed by atoms with E-state index < -0.39 is 64.5 Å². The number of rotatable bonds is 8. The fraction of sp³-hybridized carbons (Fsp3) is 0.275. The number of benzene rings is 4. The summed E-state index contributed by atoms with van der Waals surface area (Å²) in [6, 6.07) is 22.6. The number of imide groups is 2. The number of nitrogens with zero attached hydrogens (tertiary/aromatic N) is 2. The molecule has 0 unspecified atom stereocenters. The van der Waals surface area contributed by atoms with E-state index in [4.69, 9.17) is 11.6 Å². The molecule has 0 radical (unpaired) electrons. The zero-order valence-electron chi connectivity index (χ0n) is 27.7. The van der Waals surface area contributed by atoms with Crippen molar-refractivity contribution in [2.45, 2.75) is 37.0 Å². The number of anilines is 1. The Morgan fingerprint density at radius 3 is 2.31 bits per heavy atom.